The number of thiazole rings is 1. The summed E-state index contributed by atoms with van der Waals surface area (Å²) < 4.78 is 109. The van der Waals surface area contributed by atoms with Crippen molar-refractivity contribution in [2.45, 2.75) is 30.0 Å². The van der Waals surface area contributed by atoms with Crippen molar-refractivity contribution >= 4 is 42.6 Å². The summed E-state index contributed by atoms with van der Waals surface area (Å²) in [5, 5.41) is 10.7. The van der Waals surface area contributed by atoms with Crippen LogP contribution in [0.15, 0.2) is 65.8 Å². The molecule has 3 heterocycles. The summed E-state index contributed by atoms with van der Waals surface area (Å²) in [4.78, 5) is 19.2. The average Bonchev–Trinajstić information content (AvgIpc) is 3.40. The molecule has 2 aromatic carbocycles. The van der Waals surface area contributed by atoms with E-state index >= 15 is 0 Å². The average molecular weight is 647 g/mol. The molecule has 10 nitrogen and oxygen atoms in total. The molecule has 18 heteroatoms. The van der Waals surface area contributed by atoms with Crippen LogP contribution >= 0.6 is 11.3 Å². The van der Waals surface area contributed by atoms with E-state index in [1.807, 2.05) is 0 Å². The number of rotatable bonds is 7. The summed E-state index contributed by atoms with van der Waals surface area (Å²) in [6, 6.07) is 6.35. The lowest BCUT2D eigenvalue weighted by Gasteiger charge is -2.39. The number of ether oxygens (including phenoxy) is 1. The molecule has 1 atom stereocenters. The van der Waals surface area contributed by atoms with Crippen LogP contribution in [0.5, 0.6) is 5.75 Å². The number of amides is 1. The molecule has 1 aliphatic rings. The predicted octanol–water partition coefficient (Wildman–Crippen LogP) is 4.20. The van der Waals surface area contributed by atoms with Gasteiger partial charge in [0.2, 0.25) is 15.9 Å². The summed E-state index contributed by atoms with van der Waals surface area (Å²) in [5.74, 6) is -1.19. The first-order valence-electron chi connectivity index (χ1n) is 12.3. The third kappa shape index (κ3) is 6.97. The van der Waals surface area contributed by atoms with Gasteiger partial charge in [-0.1, -0.05) is 23.5 Å². The van der Waals surface area contributed by atoms with Crippen molar-refractivity contribution in [2.75, 3.05) is 24.5 Å². The predicted molar refractivity (Wildman–Crippen MR) is 142 cm³/mol. The van der Waals surface area contributed by atoms with E-state index in [9.17, 15) is 39.6 Å². The number of hydrogen-bond acceptors (Lipinski definition) is 9. The number of alkyl halides is 6. The van der Waals surface area contributed by atoms with Gasteiger partial charge in [-0.2, -0.15) is 27.7 Å². The van der Waals surface area contributed by atoms with Gasteiger partial charge in [-0.25, -0.2) is 13.4 Å². The maximum absolute atomic E-state index is 13.6. The molecule has 4 aromatic rings. The first-order valence-corrected chi connectivity index (χ1v) is 14.6. The Kier molecular flexibility index (Phi) is 8.19. The lowest BCUT2D eigenvalue weighted by molar-refractivity contribution is -0.274. The quantitative estimate of drug-likeness (QED) is 0.297. The number of aromatic nitrogens is 3. The minimum atomic E-state index is -4.87. The number of sulfonamides is 1. The van der Waals surface area contributed by atoms with Crippen molar-refractivity contribution < 1.29 is 44.3 Å². The maximum atomic E-state index is 13.6. The second-order valence-corrected chi connectivity index (χ2v) is 12.1. The van der Waals surface area contributed by atoms with Gasteiger partial charge in [-0.15, -0.1) is 13.2 Å². The molecule has 0 saturated carbocycles. The first-order chi connectivity index (χ1) is 20.2. The topological polar surface area (TPSA) is 118 Å². The largest absolute Gasteiger partial charge is 0.573 e. The third-order valence-corrected chi connectivity index (χ3v) is 9.40. The summed E-state index contributed by atoms with van der Waals surface area (Å²) in [6.07, 6.45) is -6.58. The van der Waals surface area contributed by atoms with Gasteiger partial charge in [0.25, 0.3) is 0 Å². The van der Waals surface area contributed by atoms with Crippen molar-refractivity contribution in [1.82, 2.24) is 24.8 Å². The molecule has 1 aliphatic heterocycles. The van der Waals surface area contributed by atoms with E-state index < -0.39 is 50.7 Å². The monoisotopic (exact) mass is 646 g/mol. The molecule has 0 bridgehead atoms. The van der Waals surface area contributed by atoms with E-state index in [1.165, 1.54) is 35.9 Å². The Morgan fingerprint density at radius 3 is 2.28 bits per heavy atom. The number of fused-ring (bicyclic) bond motifs is 1. The van der Waals surface area contributed by atoms with Crippen LogP contribution in [0.4, 0.5) is 31.5 Å². The molecule has 228 valence electrons. The zero-order valence-electron chi connectivity index (χ0n) is 21.6. The number of benzene rings is 2. The number of piperazine rings is 1. The molecule has 1 saturated heterocycles. The standard InChI is InChI=1S/C25H20F6N6O4S2/c26-24(27,28)16-3-7-18(8-4-16)43(39,40)37-10-9-36(23-35-19-12-33-34-13-21(19)42-23)14-20(37)22(38)32-11-15-1-5-17(6-2-15)41-25(29,30)31/h1-8,12-13,20H,9-11,14H2,(H,32,38)/t20-/m1/s1. The highest BCUT2D eigenvalue weighted by atomic mass is 32.2. The van der Waals surface area contributed by atoms with E-state index in [-0.39, 0.29) is 26.2 Å². The first kappa shape index (κ1) is 30.4. The number of carbonyl (C=O) groups excluding carboxylic acids is 1. The van der Waals surface area contributed by atoms with Gasteiger partial charge >= 0.3 is 12.5 Å². The van der Waals surface area contributed by atoms with Gasteiger partial charge in [-0.05, 0) is 42.0 Å². The number of carbonyl (C=O) groups is 1. The second-order valence-electron chi connectivity index (χ2n) is 9.24. The fourth-order valence-corrected chi connectivity index (χ4v) is 6.84. The van der Waals surface area contributed by atoms with Crippen LogP contribution < -0.4 is 15.0 Å². The van der Waals surface area contributed by atoms with Crippen LogP contribution in [0.2, 0.25) is 0 Å². The number of hydrogen-bond donors (Lipinski definition) is 1. The zero-order chi connectivity index (χ0) is 31.0. The van der Waals surface area contributed by atoms with Crippen molar-refractivity contribution in [3.63, 3.8) is 0 Å². The van der Waals surface area contributed by atoms with Crippen molar-refractivity contribution in [3.05, 3.63) is 72.1 Å². The Balaban J connectivity index is 1.39. The molecule has 2 aromatic heterocycles. The SMILES string of the molecule is O=C(NCc1ccc(OC(F)(F)F)cc1)[C@H]1CN(c2nc3cnncc3s2)CCN1S(=O)(=O)c1ccc(C(F)(F)F)cc1. The Hall–Kier alpha value is -4.03. The summed E-state index contributed by atoms with van der Waals surface area (Å²) in [5.41, 5.74) is -0.0790. The minimum absolute atomic E-state index is 0.116. The van der Waals surface area contributed by atoms with E-state index in [4.69, 9.17) is 0 Å². The van der Waals surface area contributed by atoms with E-state index in [1.54, 1.807) is 4.90 Å². The van der Waals surface area contributed by atoms with Gasteiger partial charge in [0.1, 0.15) is 17.3 Å². The fourth-order valence-electron chi connectivity index (χ4n) is 4.33. The van der Waals surface area contributed by atoms with Crippen molar-refractivity contribution in [2.24, 2.45) is 0 Å². The molecule has 1 fully saturated rings. The normalized spacial score (nSPS) is 16.8. The lowest BCUT2D eigenvalue weighted by Crippen LogP contribution is -2.60. The number of anilines is 1. The summed E-state index contributed by atoms with van der Waals surface area (Å²) in [6.45, 7) is -0.388. The molecular weight excluding hydrogens is 626 g/mol. The lowest BCUT2D eigenvalue weighted by atomic mass is 10.1. The van der Waals surface area contributed by atoms with Crippen LogP contribution in [0.1, 0.15) is 11.1 Å². The Bertz CT molecular complexity index is 1680. The number of nitrogens with one attached hydrogen (secondary N) is 1. The second kappa shape index (κ2) is 11.6. The highest BCUT2D eigenvalue weighted by Crippen LogP contribution is 2.33. The molecule has 0 aliphatic carbocycles. The van der Waals surface area contributed by atoms with Gasteiger partial charge in [0.05, 0.1) is 27.6 Å². The van der Waals surface area contributed by atoms with Gasteiger partial charge < -0.3 is 15.0 Å². The molecule has 0 unspecified atom stereocenters. The van der Waals surface area contributed by atoms with Crippen molar-refractivity contribution in [1.29, 1.82) is 0 Å². The molecule has 1 amide bonds. The smallest absolute Gasteiger partial charge is 0.406 e. The van der Waals surface area contributed by atoms with E-state index in [2.05, 4.69) is 25.2 Å². The fraction of sp³-hybridized carbons (Fsp3) is 0.280. The maximum Gasteiger partial charge on any atom is 0.573 e. The molecular formula is C25H20F6N6O4S2. The Labute approximate surface area is 244 Å². The molecule has 0 radical (unpaired) electrons. The number of nitrogens with zero attached hydrogens (tertiary/aromatic N) is 5. The van der Waals surface area contributed by atoms with Crippen LogP contribution in [0.3, 0.4) is 0 Å². The van der Waals surface area contributed by atoms with Gasteiger partial charge in [-0.3, -0.25) is 4.79 Å². The van der Waals surface area contributed by atoms with E-state index in [0.717, 1.165) is 28.6 Å². The van der Waals surface area contributed by atoms with Crippen LogP contribution in [-0.4, -0.2) is 65.9 Å². The highest BCUT2D eigenvalue weighted by molar-refractivity contribution is 7.89. The Morgan fingerprint density at radius 1 is 0.977 bits per heavy atom. The number of halogens is 6. The van der Waals surface area contributed by atoms with Crippen LogP contribution in [-0.2, 0) is 27.5 Å². The molecule has 43 heavy (non-hydrogen) atoms. The highest BCUT2D eigenvalue weighted by Gasteiger charge is 2.41. The molecule has 1 N–H and O–H groups in total. The molecule has 5 rings (SSSR count). The van der Waals surface area contributed by atoms with Crippen LogP contribution in [0, 0.1) is 0 Å². The summed E-state index contributed by atoms with van der Waals surface area (Å²) in [7, 11) is -4.44. The third-order valence-electron chi connectivity index (χ3n) is 6.41. The van der Waals surface area contributed by atoms with Gasteiger partial charge in [0.15, 0.2) is 5.13 Å². The van der Waals surface area contributed by atoms with Crippen molar-refractivity contribution in [3.8, 4) is 5.75 Å². The van der Waals surface area contributed by atoms with Crippen LogP contribution in [0.25, 0.3) is 10.2 Å². The zero-order valence-corrected chi connectivity index (χ0v) is 23.3. The summed E-state index contributed by atoms with van der Waals surface area (Å²) >= 11 is 1.26. The van der Waals surface area contributed by atoms with E-state index in [0.29, 0.717) is 33.0 Å². The minimum Gasteiger partial charge on any atom is -0.406 e. The molecule has 0 spiro atoms. The van der Waals surface area contributed by atoms with Gasteiger partial charge in [0, 0.05) is 26.2 Å². The Morgan fingerprint density at radius 2 is 1.65 bits per heavy atom.